The quantitative estimate of drug-likeness (QED) is 0.877. The Balaban J connectivity index is 2.08. The lowest BCUT2D eigenvalue weighted by atomic mass is 9.88. The summed E-state index contributed by atoms with van der Waals surface area (Å²) >= 11 is 1.98. The zero-order valence-corrected chi connectivity index (χ0v) is 14.4. The predicted octanol–water partition coefficient (Wildman–Crippen LogP) is 3.10. The van der Waals surface area contributed by atoms with Crippen molar-refractivity contribution in [3.05, 3.63) is 27.4 Å². The van der Waals surface area contributed by atoms with Crippen molar-refractivity contribution in [3.63, 3.8) is 0 Å². The van der Waals surface area contributed by atoms with E-state index in [0.717, 1.165) is 17.8 Å². The fraction of sp³-hybridized carbons (Fsp3) is 0.750. The van der Waals surface area contributed by atoms with E-state index in [1.54, 1.807) is 0 Å². The molecule has 1 aliphatic rings. The van der Waals surface area contributed by atoms with Crippen LogP contribution in [0.15, 0.2) is 4.79 Å². The molecule has 1 saturated carbocycles. The van der Waals surface area contributed by atoms with Crippen molar-refractivity contribution in [3.8, 4) is 0 Å². The van der Waals surface area contributed by atoms with Crippen molar-refractivity contribution >= 4 is 11.8 Å². The molecule has 0 saturated heterocycles. The van der Waals surface area contributed by atoms with Gasteiger partial charge in [0.05, 0.1) is 5.56 Å². The second-order valence-electron chi connectivity index (χ2n) is 6.20. The van der Waals surface area contributed by atoms with Gasteiger partial charge in [-0.15, -0.1) is 0 Å². The molecule has 2 rings (SSSR count). The summed E-state index contributed by atoms with van der Waals surface area (Å²) in [6.07, 6.45) is 8.76. The van der Waals surface area contributed by atoms with Gasteiger partial charge in [0.2, 0.25) is 0 Å². The van der Waals surface area contributed by atoms with E-state index in [-0.39, 0.29) is 11.6 Å². The molecule has 1 aromatic rings. The van der Waals surface area contributed by atoms with Crippen LogP contribution in [0.3, 0.4) is 0 Å². The molecule has 0 amide bonds. The number of thioether (sulfide) groups is 1. The standard InChI is InChI=1S/C16H27N3OS/c1-11(14-12(2)18-13(3)19-15(14)20)17-10-16(21-4)8-6-5-7-9-16/h11,17H,5-10H2,1-4H3,(H,18,19,20). The second-order valence-corrected chi connectivity index (χ2v) is 7.48. The minimum absolute atomic E-state index is 0.0122. The molecule has 0 spiro atoms. The molecule has 0 aromatic carbocycles. The summed E-state index contributed by atoms with van der Waals surface area (Å²) in [5, 5.41) is 3.58. The van der Waals surface area contributed by atoms with E-state index in [1.807, 2.05) is 25.6 Å². The number of nitrogens with one attached hydrogen (secondary N) is 2. The lowest BCUT2D eigenvalue weighted by Crippen LogP contribution is -2.41. The van der Waals surface area contributed by atoms with Crippen LogP contribution >= 0.6 is 11.8 Å². The van der Waals surface area contributed by atoms with E-state index in [1.165, 1.54) is 32.1 Å². The van der Waals surface area contributed by atoms with E-state index < -0.39 is 0 Å². The Morgan fingerprint density at radius 3 is 2.57 bits per heavy atom. The maximum atomic E-state index is 12.2. The molecule has 5 heteroatoms. The van der Waals surface area contributed by atoms with E-state index in [4.69, 9.17) is 0 Å². The van der Waals surface area contributed by atoms with E-state index in [2.05, 4.69) is 28.5 Å². The number of aromatic amines is 1. The zero-order chi connectivity index (χ0) is 15.5. The van der Waals surface area contributed by atoms with Crippen molar-refractivity contribution in [2.45, 2.75) is 63.7 Å². The van der Waals surface area contributed by atoms with Crippen LogP contribution in [0.25, 0.3) is 0 Å². The Hall–Kier alpha value is -0.810. The number of aryl methyl sites for hydroxylation is 2. The Kier molecular flexibility index (Phi) is 5.49. The average Bonchev–Trinajstić information content (AvgIpc) is 2.45. The van der Waals surface area contributed by atoms with Gasteiger partial charge in [0.15, 0.2) is 0 Å². The highest BCUT2D eigenvalue weighted by Crippen LogP contribution is 2.38. The Morgan fingerprint density at radius 1 is 1.33 bits per heavy atom. The first-order chi connectivity index (χ1) is 9.97. The molecule has 0 radical (unpaired) electrons. The van der Waals surface area contributed by atoms with Gasteiger partial charge < -0.3 is 10.3 Å². The molecule has 1 aliphatic carbocycles. The molecule has 1 aromatic heterocycles. The van der Waals surface area contributed by atoms with Gasteiger partial charge in [0.1, 0.15) is 5.82 Å². The number of rotatable bonds is 5. The lowest BCUT2D eigenvalue weighted by Gasteiger charge is -2.37. The Labute approximate surface area is 131 Å². The monoisotopic (exact) mass is 309 g/mol. The number of hydrogen-bond donors (Lipinski definition) is 2. The first kappa shape index (κ1) is 16.6. The highest BCUT2D eigenvalue weighted by Gasteiger charge is 2.31. The van der Waals surface area contributed by atoms with Gasteiger partial charge in [-0.1, -0.05) is 19.3 Å². The van der Waals surface area contributed by atoms with Gasteiger partial charge >= 0.3 is 0 Å². The molecule has 1 atom stereocenters. The first-order valence-corrected chi connectivity index (χ1v) is 9.06. The zero-order valence-electron chi connectivity index (χ0n) is 13.6. The number of aromatic nitrogens is 2. The van der Waals surface area contributed by atoms with Crippen LogP contribution in [0.2, 0.25) is 0 Å². The summed E-state index contributed by atoms with van der Waals surface area (Å²) in [5.41, 5.74) is 1.59. The Morgan fingerprint density at radius 2 is 2.00 bits per heavy atom. The molecule has 0 aliphatic heterocycles. The minimum Gasteiger partial charge on any atom is -0.310 e. The van der Waals surface area contributed by atoms with Crippen LogP contribution in [0.4, 0.5) is 0 Å². The maximum Gasteiger partial charge on any atom is 0.255 e. The van der Waals surface area contributed by atoms with Gasteiger partial charge in [0.25, 0.3) is 5.56 Å². The number of H-pyrrole nitrogens is 1. The van der Waals surface area contributed by atoms with Gasteiger partial charge in [-0.3, -0.25) is 4.79 Å². The highest BCUT2D eigenvalue weighted by atomic mass is 32.2. The molecular formula is C16H27N3OS. The molecule has 1 fully saturated rings. The smallest absolute Gasteiger partial charge is 0.255 e. The van der Waals surface area contributed by atoms with Crippen molar-refractivity contribution < 1.29 is 0 Å². The van der Waals surface area contributed by atoms with Crippen LogP contribution in [-0.4, -0.2) is 27.5 Å². The fourth-order valence-electron chi connectivity index (χ4n) is 3.34. The van der Waals surface area contributed by atoms with Crippen molar-refractivity contribution in [1.82, 2.24) is 15.3 Å². The third kappa shape index (κ3) is 3.89. The minimum atomic E-state index is -0.0122. The molecule has 1 unspecified atom stereocenters. The summed E-state index contributed by atoms with van der Waals surface area (Å²) in [6, 6.07) is 0.0350. The molecule has 21 heavy (non-hydrogen) atoms. The van der Waals surface area contributed by atoms with Gasteiger partial charge in [-0.25, -0.2) is 4.98 Å². The molecule has 0 bridgehead atoms. The third-order valence-corrected chi connectivity index (χ3v) is 6.04. The SMILES string of the molecule is CSC1(CNC(C)c2c(C)nc(C)[nH]c2=O)CCCCC1. The van der Waals surface area contributed by atoms with Crippen molar-refractivity contribution in [1.29, 1.82) is 0 Å². The van der Waals surface area contributed by atoms with Gasteiger partial charge in [-0.05, 0) is 39.9 Å². The largest absolute Gasteiger partial charge is 0.310 e. The molecule has 4 nitrogen and oxygen atoms in total. The van der Waals surface area contributed by atoms with Crippen LogP contribution < -0.4 is 10.9 Å². The topological polar surface area (TPSA) is 57.8 Å². The number of hydrogen-bond acceptors (Lipinski definition) is 4. The van der Waals surface area contributed by atoms with Crippen LogP contribution in [0.5, 0.6) is 0 Å². The summed E-state index contributed by atoms with van der Waals surface area (Å²) in [5.74, 6) is 0.682. The summed E-state index contributed by atoms with van der Waals surface area (Å²) < 4.78 is 0.339. The first-order valence-electron chi connectivity index (χ1n) is 7.83. The summed E-state index contributed by atoms with van der Waals surface area (Å²) in [4.78, 5) is 19.4. The molecule has 2 N–H and O–H groups in total. The van der Waals surface area contributed by atoms with Gasteiger partial charge in [0, 0.05) is 23.0 Å². The molecular weight excluding hydrogens is 282 g/mol. The molecule has 1 heterocycles. The van der Waals surface area contributed by atoms with Crippen molar-refractivity contribution in [2.24, 2.45) is 0 Å². The van der Waals surface area contributed by atoms with Crippen LogP contribution in [-0.2, 0) is 0 Å². The van der Waals surface area contributed by atoms with E-state index in [0.29, 0.717) is 10.6 Å². The third-order valence-electron chi connectivity index (χ3n) is 4.63. The Bertz CT molecular complexity index is 535. The maximum absolute atomic E-state index is 12.2. The predicted molar refractivity (Wildman–Crippen MR) is 90.1 cm³/mol. The van der Waals surface area contributed by atoms with E-state index >= 15 is 0 Å². The van der Waals surface area contributed by atoms with Crippen LogP contribution in [0, 0.1) is 13.8 Å². The second kappa shape index (κ2) is 6.97. The summed E-state index contributed by atoms with van der Waals surface area (Å²) in [7, 11) is 0. The summed E-state index contributed by atoms with van der Waals surface area (Å²) in [6.45, 7) is 6.76. The van der Waals surface area contributed by atoms with Crippen LogP contribution in [0.1, 0.15) is 62.2 Å². The average molecular weight is 309 g/mol. The fourth-order valence-corrected chi connectivity index (χ4v) is 4.26. The number of nitrogens with zero attached hydrogens (tertiary/aromatic N) is 1. The van der Waals surface area contributed by atoms with Crippen molar-refractivity contribution in [2.75, 3.05) is 12.8 Å². The normalized spacial score (nSPS) is 19.4. The van der Waals surface area contributed by atoms with Gasteiger partial charge in [-0.2, -0.15) is 11.8 Å². The van der Waals surface area contributed by atoms with E-state index in [9.17, 15) is 4.79 Å². The lowest BCUT2D eigenvalue weighted by molar-refractivity contribution is 0.366. The highest BCUT2D eigenvalue weighted by molar-refractivity contribution is 8.00. The molecule has 118 valence electrons.